The van der Waals surface area contributed by atoms with Crippen LogP contribution in [0.25, 0.3) is 0 Å². The Morgan fingerprint density at radius 2 is 2.06 bits per heavy atom. The monoisotopic (exact) mass is 267 g/mol. The van der Waals surface area contributed by atoms with Gasteiger partial charge >= 0.3 is 0 Å². The number of para-hydroxylation sites is 1. The minimum absolute atomic E-state index is 0. The van der Waals surface area contributed by atoms with E-state index in [-0.39, 0.29) is 12.4 Å². The second-order valence-corrected chi connectivity index (χ2v) is 3.94. The van der Waals surface area contributed by atoms with Gasteiger partial charge in [-0.1, -0.05) is 18.2 Å². The number of methoxy groups -OCH3 is 1. The molecule has 5 heteroatoms. The van der Waals surface area contributed by atoms with Crippen LogP contribution in [0.3, 0.4) is 0 Å². The van der Waals surface area contributed by atoms with E-state index in [1.54, 1.807) is 11.8 Å². The molecule has 1 aromatic carbocycles. The number of benzene rings is 1. The van der Waals surface area contributed by atoms with Gasteiger partial charge in [0.05, 0.1) is 13.3 Å². The number of nitrogens with one attached hydrogen (secondary N) is 1. The van der Waals surface area contributed by atoms with Crippen LogP contribution < -0.4 is 10.1 Å². The largest absolute Gasteiger partial charge is 0.496 e. The average Bonchev–Trinajstić information content (AvgIpc) is 2.76. The fourth-order valence-electron chi connectivity index (χ4n) is 1.75. The van der Waals surface area contributed by atoms with Crippen LogP contribution >= 0.6 is 12.4 Å². The maximum Gasteiger partial charge on any atom is 0.123 e. The molecule has 0 spiro atoms. The quantitative estimate of drug-likeness (QED) is 0.902. The summed E-state index contributed by atoms with van der Waals surface area (Å²) in [4.78, 5) is 0. The SMILES string of the molecule is COc1ccccc1CNCc1cnn(C)c1.Cl. The molecule has 0 bridgehead atoms. The van der Waals surface area contributed by atoms with E-state index in [1.165, 1.54) is 11.1 Å². The highest BCUT2D eigenvalue weighted by molar-refractivity contribution is 5.85. The predicted molar refractivity (Wildman–Crippen MR) is 74.0 cm³/mol. The zero-order valence-electron chi connectivity index (χ0n) is 10.6. The van der Waals surface area contributed by atoms with E-state index in [2.05, 4.69) is 16.5 Å². The highest BCUT2D eigenvalue weighted by Gasteiger charge is 2.01. The number of ether oxygens (including phenoxy) is 1. The van der Waals surface area contributed by atoms with Gasteiger partial charge in [-0.2, -0.15) is 5.10 Å². The van der Waals surface area contributed by atoms with E-state index in [1.807, 2.05) is 37.6 Å². The number of rotatable bonds is 5. The Hall–Kier alpha value is -1.52. The lowest BCUT2D eigenvalue weighted by Crippen LogP contribution is -2.12. The number of aryl methyl sites for hydroxylation is 1. The van der Waals surface area contributed by atoms with Gasteiger partial charge < -0.3 is 10.1 Å². The third-order valence-electron chi connectivity index (χ3n) is 2.60. The molecule has 1 N–H and O–H groups in total. The molecule has 2 rings (SSSR count). The zero-order valence-corrected chi connectivity index (χ0v) is 11.4. The third kappa shape index (κ3) is 3.75. The minimum atomic E-state index is 0. The molecule has 0 atom stereocenters. The van der Waals surface area contributed by atoms with E-state index in [4.69, 9.17) is 4.74 Å². The van der Waals surface area contributed by atoms with Gasteiger partial charge in [-0.25, -0.2) is 0 Å². The van der Waals surface area contributed by atoms with E-state index >= 15 is 0 Å². The molecule has 2 aromatic rings. The fraction of sp³-hybridized carbons (Fsp3) is 0.308. The lowest BCUT2D eigenvalue weighted by molar-refractivity contribution is 0.407. The summed E-state index contributed by atoms with van der Waals surface area (Å²) >= 11 is 0. The van der Waals surface area contributed by atoms with Gasteiger partial charge in [0.15, 0.2) is 0 Å². The Morgan fingerprint density at radius 3 is 2.72 bits per heavy atom. The first-order chi connectivity index (χ1) is 8.29. The molecule has 0 unspecified atom stereocenters. The molecule has 0 fully saturated rings. The zero-order chi connectivity index (χ0) is 12.1. The van der Waals surface area contributed by atoms with Gasteiger partial charge in [0, 0.05) is 37.5 Å². The number of aromatic nitrogens is 2. The maximum absolute atomic E-state index is 5.30. The van der Waals surface area contributed by atoms with Crippen molar-refractivity contribution in [2.75, 3.05) is 7.11 Å². The first kappa shape index (κ1) is 14.5. The van der Waals surface area contributed by atoms with Crippen molar-refractivity contribution in [1.82, 2.24) is 15.1 Å². The van der Waals surface area contributed by atoms with E-state index in [0.29, 0.717) is 0 Å². The van der Waals surface area contributed by atoms with Crippen LogP contribution in [0.4, 0.5) is 0 Å². The van der Waals surface area contributed by atoms with Gasteiger partial charge in [-0.15, -0.1) is 12.4 Å². The molecule has 1 aromatic heterocycles. The van der Waals surface area contributed by atoms with Crippen molar-refractivity contribution in [3.8, 4) is 5.75 Å². The smallest absolute Gasteiger partial charge is 0.123 e. The molecule has 0 aliphatic carbocycles. The summed E-state index contributed by atoms with van der Waals surface area (Å²) in [5.41, 5.74) is 2.35. The summed E-state index contributed by atoms with van der Waals surface area (Å²) in [7, 11) is 3.61. The number of halogens is 1. The van der Waals surface area contributed by atoms with Crippen molar-refractivity contribution < 1.29 is 4.74 Å². The summed E-state index contributed by atoms with van der Waals surface area (Å²) in [5, 5.41) is 7.50. The lowest BCUT2D eigenvalue weighted by Gasteiger charge is -2.08. The van der Waals surface area contributed by atoms with E-state index in [9.17, 15) is 0 Å². The maximum atomic E-state index is 5.30. The molecular weight excluding hydrogens is 250 g/mol. The Balaban J connectivity index is 0.00000162. The first-order valence-electron chi connectivity index (χ1n) is 5.59. The van der Waals surface area contributed by atoms with Crippen LogP contribution in [0.2, 0.25) is 0 Å². The molecule has 0 amide bonds. The van der Waals surface area contributed by atoms with Crippen molar-refractivity contribution in [2.45, 2.75) is 13.1 Å². The lowest BCUT2D eigenvalue weighted by atomic mass is 10.2. The highest BCUT2D eigenvalue weighted by Crippen LogP contribution is 2.16. The number of hydrogen-bond donors (Lipinski definition) is 1. The molecule has 4 nitrogen and oxygen atoms in total. The normalized spacial score (nSPS) is 9.89. The second kappa shape index (κ2) is 7.03. The molecule has 0 aliphatic rings. The number of nitrogens with zero attached hydrogens (tertiary/aromatic N) is 2. The molecule has 0 saturated heterocycles. The average molecular weight is 268 g/mol. The standard InChI is InChI=1S/C13H17N3O.ClH/c1-16-10-11(8-15-16)7-14-9-12-5-3-4-6-13(12)17-2;/h3-6,8,10,14H,7,9H2,1-2H3;1H. The van der Waals surface area contributed by atoms with Gasteiger partial charge in [-0.05, 0) is 6.07 Å². The molecule has 0 radical (unpaired) electrons. The van der Waals surface area contributed by atoms with Crippen molar-refractivity contribution in [3.05, 3.63) is 47.8 Å². The Morgan fingerprint density at radius 1 is 1.28 bits per heavy atom. The Kier molecular flexibility index (Phi) is 5.68. The molecular formula is C13H18ClN3O. The van der Waals surface area contributed by atoms with Crippen LogP contribution in [-0.2, 0) is 20.1 Å². The second-order valence-electron chi connectivity index (χ2n) is 3.94. The Labute approximate surface area is 113 Å². The minimum Gasteiger partial charge on any atom is -0.496 e. The van der Waals surface area contributed by atoms with Crippen LogP contribution in [0.15, 0.2) is 36.7 Å². The topological polar surface area (TPSA) is 39.1 Å². The Bertz CT molecular complexity index is 485. The van der Waals surface area contributed by atoms with Crippen LogP contribution in [0.1, 0.15) is 11.1 Å². The summed E-state index contributed by atoms with van der Waals surface area (Å²) in [6, 6.07) is 8.03. The highest BCUT2D eigenvalue weighted by atomic mass is 35.5. The van der Waals surface area contributed by atoms with Crippen LogP contribution in [0, 0.1) is 0 Å². The van der Waals surface area contributed by atoms with Gasteiger partial charge in [0.25, 0.3) is 0 Å². The van der Waals surface area contributed by atoms with Gasteiger partial charge in [0.2, 0.25) is 0 Å². The van der Waals surface area contributed by atoms with E-state index in [0.717, 1.165) is 18.8 Å². The van der Waals surface area contributed by atoms with Crippen LogP contribution in [0.5, 0.6) is 5.75 Å². The molecule has 0 aliphatic heterocycles. The first-order valence-corrected chi connectivity index (χ1v) is 5.59. The number of hydrogen-bond acceptors (Lipinski definition) is 3. The molecule has 18 heavy (non-hydrogen) atoms. The van der Waals surface area contributed by atoms with E-state index < -0.39 is 0 Å². The summed E-state index contributed by atoms with van der Waals surface area (Å²) in [6.07, 6.45) is 3.88. The third-order valence-corrected chi connectivity index (χ3v) is 2.60. The van der Waals surface area contributed by atoms with Gasteiger partial charge in [0.1, 0.15) is 5.75 Å². The molecule has 0 saturated carbocycles. The van der Waals surface area contributed by atoms with Crippen molar-refractivity contribution in [1.29, 1.82) is 0 Å². The van der Waals surface area contributed by atoms with Crippen molar-refractivity contribution >= 4 is 12.4 Å². The van der Waals surface area contributed by atoms with Crippen molar-refractivity contribution in [2.24, 2.45) is 7.05 Å². The van der Waals surface area contributed by atoms with Crippen molar-refractivity contribution in [3.63, 3.8) is 0 Å². The predicted octanol–water partition coefficient (Wildman–Crippen LogP) is 2.14. The summed E-state index contributed by atoms with van der Waals surface area (Å²) in [5.74, 6) is 0.922. The van der Waals surface area contributed by atoms with Crippen LogP contribution in [-0.4, -0.2) is 16.9 Å². The fourth-order valence-corrected chi connectivity index (χ4v) is 1.75. The molecule has 98 valence electrons. The summed E-state index contributed by atoms with van der Waals surface area (Å²) in [6.45, 7) is 1.60. The molecule has 1 heterocycles. The summed E-state index contributed by atoms with van der Waals surface area (Å²) < 4.78 is 7.10. The van der Waals surface area contributed by atoms with Gasteiger partial charge in [-0.3, -0.25) is 4.68 Å².